The quantitative estimate of drug-likeness (QED) is 0.493. The number of hydrogen-bond acceptors (Lipinski definition) is 2. The summed E-state index contributed by atoms with van der Waals surface area (Å²) in [5.74, 6) is -1.98. The van der Waals surface area contributed by atoms with Gasteiger partial charge in [0.25, 0.3) is 0 Å². The zero-order chi connectivity index (χ0) is 12.5. The first-order chi connectivity index (χ1) is 7.89. The lowest BCUT2D eigenvalue weighted by Crippen LogP contribution is -2.34. The van der Waals surface area contributed by atoms with Gasteiger partial charge in [0.2, 0.25) is 5.79 Å². The highest BCUT2D eigenvalue weighted by atomic mass is 35.5. The van der Waals surface area contributed by atoms with Crippen LogP contribution in [0.1, 0.15) is 5.56 Å². The summed E-state index contributed by atoms with van der Waals surface area (Å²) >= 11 is 11.9. The van der Waals surface area contributed by atoms with Crippen LogP contribution in [-0.2, 0) is 6.42 Å². The minimum absolute atomic E-state index is 0.371. The van der Waals surface area contributed by atoms with Crippen molar-refractivity contribution in [1.82, 2.24) is 0 Å². The van der Waals surface area contributed by atoms with Crippen molar-refractivity contribution in [3.8, 4) is 0 Å². The third-order valence-electron chi connectivity index (χ3n) is 2.61. The van der Waals surface area contributed by atoms with E-state index in [1.165, 1.54) is 18.2 Å². The van der Waals surface area contributed by atoms with E-state index in [1.54, 1.807) is 0 Å². The maximum atomic E-state index is 9.81. The topological polar surface area (TPSA) is 40.5 Å². The highest BCUT2D eigenvalue weighted by Gasteiger charge is 2.34. The predicted octanol–water partition coefficient (Wildman–Crippen LogP) is 2.58. The first-order valence-corrected chi connectivity index (χ1v) is 5.94. The lowest BCUT2D eigenvalue weighted by molar-refractivity contribution is -0.0873. The zero-order valence-electron chi connectivity index (χ0n) is 8.98. The van der Waals surface area contributed by atoms with Crippen molar-refractivity contribution >= 4 is 23.2 Å². The Labute approximate surface area is 110 Å². The summed E-state index contributed by atoms with van der Waals surface area (Å²) in [5.41, 5.74) is 1.34. The largest absolute Gasteiger partial charge is 0.359 e. The molecule has 0 radical (unpaired) electrons. The van der Waals surface area contributed by atoms with Crippen LogP contribution in [0.4, 0.5) is 0 Å². The molecule has 17 heavy (non-hydrogen) atoms. The Balaban J connectivity index is 2.28. The van der Waals surface area contributed by atoms with Crippen molar-refractivity contribution in [3.05, 3.63) is 59.7 Å². The average Bonchev–Trinajstić information content (AvgIpc) is 2.26. The molecule has 0 saturated carbocycles. The van der Waals surface area contributed by atoms with Crippen LogP contribution in [0.15, 0.2) is 54.1 Å². The van der Waals surface area contributed by atoms with E-state index >= 15 is 0 Å². The molecule has 0 bridgehead atoms. The summed E-state index contributed by atoms with van der Waals surface area (Å²) in [7, 11) is 0. The average molecular weight is 271 g/mol. The maximum absolute atomic E-state index is 9.81. The van der Waals surface area contributed by atoms with Crippen molar-refractivity contribution in [3.63, 3.8) is 0 Å². The van der Waals surface area contributed by atoms with Crippen LogP contribution >= 0.6 is 23.2 Å². The SMILES string of the molecule is OC1(O)C=CC(Cl)(Cl)C=C1Cc1ccccc1. The number of hydrogen-bond donors (Lipinski definition) is 2. The van der Waals surface area contributed by atoms with Gasteiger partial charge in [-0.3, -0.25) is 0 Å². The molecular weight excluding hydrogens is 259 g/mol. The summed E-state index contributed by atoms with van der Waals surface area (Å²) in [5, 5.41) is 19.6. The maximum Gasteiger partial charge on any atom is 0.206 e. The summed E-state index contributed by atoms with van der Waals surface area (Å²) in [6.07, 6.45) is 4.40. The zero-order valence-corrected chi connectivity index (χ0v) is 10.5. The molecule has 90 valence electrons. The minimum Gasteiger partial charge on any atom is -0.359 e. The standard InChI is InChI=1S/C13H12Cl2O2/c14-12(15)6-7-13(16,17)11(9-12)8-10-4-2-1-3-5-10/h1-7,9,16-17H,8H2. The summed E-state index contributed by atoms with van der Waals surface area (Å²) in [4.78, 5) is 0. The smallest absolute Gasteiger partial charge is 0.206 e. The van der Waals surface area contributed by atoms with Crippen molar-refractivity contribution in [2.75, 3.05) is 0 Å². The highest BCUT2D eigenvalue weighted by molar-refractivity contribution is 6.51. The van der Waals surface area contributed by atoms with Crippen molar-refractivity contribution in [1.29, 1.82) is 0 Å². The van der Waals surface area contributed by atoms with Crippen molar-refractivity contribution in [2.45, 2.75) is 16.5 Å². The van der Waals surface area contributed by atoms with E-state index in [4.69, 9.17) is 23.2 Å². The van der Waals surface area contributed by atoms with E-state index in [1.807, 2.05) is 30.3 Å². The summed E-state index contributed by atoms with van der Waals surface area (Å²) < 4.78 is -1.18. The molecule has 0 aromatic heterocycles. The number of rotatable bonds is 2. The van der Waals surface area contributed by atoms with Gasteiger partial charge in [-0.15, -0.1) is 0 Å². The Hall–Kier alpha value is -0.800. The van der Waals surface area contributed by atoms with Crippen molar-refractivity contribution in [2.24, 2.45) is 0 Å². The first-order valence-electron chi connectivity index (χ1n) is 5.18. The second-order valence-electron chi connectivity index (χ2n) is 4.07. The molecule has 0 saturated heterocycles. The van der Waals surface area contributed by atoms with E-state index < -0.39 is 10.1 Å². The van der Waals surface area contributed by atoms with Crippen LogP contribution < -0.4 is 0 Å². The second-order valence-corrected chi connectivity index (χ2v) is 5.51. The van der Waals surface area contributed by atoms with Gasteiger partial charge in [0.1, 0.15) is 0 Å². The molecule has 1 aliphatic rings. The summed E-state index contributed by atoms with van der Waals surface area (Å²) in [6.45, 7) is 0. The molecule has 0 aliphatic heterocycles. The molecule has 2 nitrogen and oxygen atoms in total. The molecule has 0 amide bonds. The molecule has 1 aromatic rings. The van der Waals surface area contributed by atoms with Gasteiger partial charge in [-0.05, 0) is 35.8 Å². The number of benzene rings is 1. The number of aliphatic hydroxyl groups is 2. The van der Waals surface area contributed by atoms with Gasteiger partial charge in [-0.1, -0.05) is 53.5 Å². The fourth-order valence-corrected chi connectivity index (χ4v) is 2.11. The van der Waals surface area contributed by atoms with Crippen molar-refractivity contribution < 1.29 is 10.2 Å². The van der Waals surface area contributed by atoms with E-state index in [0.29, 0.717) is 12.0 Å². The molecule has 1 aromatic carbocycles. The third kappa shape index (κ3) is 3.11. The molecule has 0 unspecified atom stereocenters. The monoisotopic (exact) mass is 270 g/mol. The molecule has 1 aliphatic carbocycles. The molecule has 0 fully saturated rings. The molecule has 2 rings (SSSR count). The number of allylic oxidation sites excluding steroid dienone is 2. The van der Waals surface area contributed by atoms with Gasteiger partial charge in [0.05, 0.1) is 0 Å². The summed E-state index contributed by atoms with van der Waals surface area (Å²) in [6, 6.07) is 9.48. The Kier molecular flexibility index (Phi) is 3.32. The lowest BCUT2D eigenvalue weighted by atomic mass is 9.93. The van der Waals surface area contributed by atoms with Gasteiger partial charge in [0, 0.05) is 0 Å². The van der Waals surface area contributed by atoms with Gasteiger partial charge in [-0.25, -0.2) is 0 Å². The molecule has 2 N–H and O–H groups in total. The van der Waals surface area contributed by atoms with Gasteiger partial charge < -0.3 is 10.2 Å². The van der Waals surface area contributed by atoms with Gasteiger partial charge in [0.15, 0.2) is 4.33 Å². The van der Waals surface area contributed by atoms with Gasteiger partial charge >= 0.3 is 0 Å². The van der Waals surface area contributed by atoms with Gasteiger partial charge in [-0.2, -0.15) is 0 Å². The van der Waals surface area contributed by atoms with Crippen LogP contribution in [0.3, 0.4) is 0 Å². The fourth-order valence-electron chi connectivity index (χ4n) is 1.72. The van der Waals surface area contributed by atoms with E-state index in [0.717, 1.165) is 5.56 Å². The van der Waals surface area contributed by atoms with Crippen LogP contribution in [0.25, 0.3) is 0 Å². The fraction of sp³-hybridized carbons (Fsp3) is 0.231. The third-order valence-corrected chi connectivity index (χ3v) is 3.08. The Morgan fingerprint density at radius 1 is 1.00 bits per heavy atom. The van der Waals surface area contributed by atoms with Crippen LogP contribution in [0.2, 0.25) is 0 Å². The van der Waals surface area contributed by atoms with E-state index in [2.05, 4.69) is 0 Å². The normalized spacial score (nSPS) is 21.1. The van der Waals surface area contributed by atoms with Crippen LogP contribution in [0, 0.1) is 0 Å². The van der Waals surface area contributed by atoms with E-state index in [-0.39, 0.29) is 0 Å². The van der Waals surface area contributed by atoms with Crippen LogP contribution in [-0.4, -0.2) is 20.3 Å². The molecule has 0 atom stereocenters. The Bertz CT molecular complexity index is 462. The molecule has 0 heterocycles. The highest BCUT2D eigenvalue weighted by Crippen LogP contribution is 2.35. The number of alkyl halides is 2. The number of halogens is 2. The predicted molar refractivity (Wildman–Crippen MR) is 69.0 cm³/mol. The van der Waals surface area contributed by atoms with E-state index in [9.17, 15) is 10.2 Å². The Morgan fingerprint density at radius 2 is 1.65 bits per heavy atom. The lowest BCUT2D eigenvalue weighted by Gasteiger charge is -2.28. The second kappa shape index (κ2) is 4.46. The molecule has 4 heteroatoms. The first kappa shape index (κ1) is 12.7. The minimum atomic E-state index is -1.98. The molecular formula is C13H12Cl2O2. The van der Waals surface area contributed by atoms with Crippen LogP contribution in [0.5, 0.6) is 0 Å². The Morgan fingerprint density at radius 3 is 2.29 bits per heavy atom. The molecule has 0 spiro atoms.